The summed E-state index contributed by atoms with van der Waals surface area (Å²) in [6.45, 7) is 0.111. The smallest absolute Gasteiger partial charge is 0.157 e. The summed E-state index contributed by atoms with van der Waals surface area (Å²) in [4.78, 5) is 0. The molecule has 1 aliphatic rings. The fourth-order valence-electron chi connectivity index (χ4n) is 1.17. The Balaban J connectivity index is 2.25. The lowest BCUT2D eigenvalue weighted by atomic mass is 10.1. The van der Waals surface area contributed by atoms with Crippen LogP contribution < -0.4 is 0 Å². The predicted molar refractivity (Wildman–Crippen MR) is 36.6 cm³/mol. The zero-order valence-electron chi connectivity index (χ0n) is 6.25. The fraction of sp³-hybridized carbons (Fsp3) is 1.00. The highest BCUT2D eigenvalue weighted by Crippen LogP contribution is 2.18. The number of methoxy groups -OCH3 is 1. The second kappa shape index (κ2) is 3.91. The van der Waals surface area contributed by atoms with Gasteiger partial charge in [-0.1, -0.05) is 0 Å². The van der Waals surface area contributed by atoms with Gasteiger partial charge in [-0.15, -0.1) is 0 Å². The van der Waals surface area contributed by atoms with Gasteiger partial charge in [-0.05, 0) is 19.3 Å². The van der Waals surface area contributed by atoms with Crippen molar-refractivity contribution >= 4 is 0 Å². The first kappa shape index (κ1) is 7.98. The topological polar surface area (TPSA) is 38.7 Å². The molecule has 1 heterocycles. The van der Waals surface area contributed by atoms with Crippen molar-refractivity contribution in [2.75, 3.05) is 13.7 Å². The number of rotatable bonds is 2. The minimum Gasteiger partial charge on any atom is -0.394 e. The van der Waals surface area contributed by atoms with Crippen molar-refractivity contribution < 1.29 is 14.6 Å². The molecule has 0 saturated carbocycles. The van der Waals surface area contributed by atoms with Crippen molar-refractivity contribution in [3.63, 3.8) is 0 Å². The molecule has 3 nitrogen and oxygen atoms in total. The van der Waals surface area contributed by atoms with Crippen molar-refractivity contribution in [2.24, 2.45) is 0 Å². The summed E-state index contributed by atoms with van der Waals surface area (Å²) < 4.78 is 10.3. The second-order valence-electron chi connectivity index (χ2n) is 2.54. The van der Waals surface area contributed by atoms with Crippen LogP contribution in [0.15, 0.2) is 0 Å². The molecule has 0 bridgehead atoms. The van der Waals surface area contributed by atoms with Gasteiger partial charge in [-0.25, -0.2) is 0 Å². The van der Waals surface area contributed by atoms with Crippen LogP contribution in [-0.2, 0) is 9.47 Å². The molecule has 0 aromatic rings. The van der Waals surface area contributed by atoms with E-state index in [1.807, 2.05) is 0 Å². The van der Waals surface area contributed by atoms with E-state index >= 15 is 0 Å². The van der Waals surface area contributed by atoms with Crippen LogP contribution in [0.4, 0.5) is 0 Å². The molecule has 3 heteroatoms. The number of hydrogen-bond acceptors (Lipinski definition) is 3. The van der Waals surface area contributed by atoms with Gasteiger partial charge in [-0.3, -0.25) is 0 Å². The van der Waals surface area contributed by atoms with E-state index in [0.29, 0.717) is 0 Å². The average Bonchev–Trinajstić information content (AvgIpc) is 2.05. The van der Waals surface area contributed by atoms with Gasteiger partial charge in [0, 0.05) is 7.11 Å². The normalized spacial score (nSPS) is 34.2. The SMILES string of the molecule is CO[C@@H]1CCC[C@@H](CO)O1. The van der Waals surface area contributed by atoms with Gasteiger partial charge >= 0.3 is 0 Å². The molecular weight excluding hydrogens is 132 g/mol. The molecule has 0 amide bonds. The predicted octanol–water partition coefficient (Wildman–Crippen LogP) is 0.520. The maximum atomic E-state index is 8.72. The average molecular weight is 146 g/mol. The molecule has 60 valence electrons. The van der Waals surface area contributed by atoms with Crippen LogP contribution >= 0.6 is 0 Å². The standard InChI is InChI=1S/C7H14O3/c1-9-7-4-2-3-6(5-8)10-7/h6-8H,2-5H2,1H3/t6-,7-/m0/s1. The Morgan fingerprint density at radius 3 is 3.00 bits per heavy atom. The van der Waals surface area contributed by atoms with E-state index in [9.17, 15) is 0 Å². The van der Waals surface area contributed by atoms with Gasteiger partial charge in [0.15, 0.2) is 6.29 Å². The summed E-state index contributed by atoms with van der Waals surface area (Å²) in [5.41, 5.74) is 0. The highest BCUT2D eigenvalue weighted by molar-refractivity contribution is 4.64. The van der Waals surface area contributed by atoms with Crippen LogP contribution in [0.5, 0.6) is 0 Å². The molecule has 0 aromatic heterocycles. The van der Waals surface area contributed by atoms with Crippen molar-refractivity contribution in [2.45, 2.75) is 31.7 Å². The highest BCUT2D eigenvalue weighted by Gasteiger charge is 2.20. The Labute approximate surface area is 60.9 Å². The Kier molecular flexibility index (Phi) is 3.12. The summed E-state index contributed by atoms with van der Waals surface area (Å²) in [6.07, 6.45) is 2.90. The zero-order chi connectivity index (χ0) is 7.40. The Bertz CT molecular complexity index is 84.9. The summed E-state index contributed by atoms with van der Waals surface area (Å²) in [5.74, 6) is 0. The molecule has 10 heavy (non-hydrogen) atoms. The molecule has 1 N–H and O–H groups in total. The molecule has 1 rings (SSSR count). The van der Waals surface area contributed by atoms with Gasteiger partial charge in [-0.2, -0.15) is 0 Å². The van der Waals surface area contributed by atoms with Crippen LogP contribution in [-0.4, -0.2) is 31.2 Å². The third-order valence-electron chi connectivity index (χ3n) is 1.78. The second-order valence-corrected chi connectivity index (χ2v) is 2.54. The minimum atomic E-state index is -0.0918. The highest BCUT2D eigenvalue weighted by atomic mass is 16.7. The van der Waals surface area contributed by atoms with Crippen LogP contribution in [0, 0.1) is 0 Å². The first-order valence-electron chi connectivity index (χ1n) is 3.66. The molecule has 1 saturated heterocycles. The third kappa shape index (κ3) is 1.94. The quantitative estimate of drug-likeness (QED) is 0.617. The lowest BCUT2D eigenvalue weighted by Gasteiger charge is -2.27. The molecular formula is C7H14O3. The van der Waals surface area contributed by atoms with Crippen LogP contribution in [0.25, 0.3) is 0 Å². The molecule has 0 aromatic carbocycles. The molecule has 0 radical (unpaired) electrons. The maximum absolute atomic E-state index is 8.72. The van der Waals surface area contributed by atoms with Gasteiger partial charge in [0.25, 0.3) is 0 Å². The molecule has 0 unspecified atom stereocenters. The Hall–Kier alpha value is -0.120. The first-order valence-corrected chi connectivity index (χ1v) is 3.66. The van der Waals surface area contributed by atoms with E-state index in [2.05, 4.69) is 0 Å². The molecule has 0 aliphatic carbocycles. The van der Waals surface area contributed by atoms with Gasteiger partial charge in [0.2, 0.25) is 0 Å². The lowest BCUT2D eigenvalue weighted by Crippen LogP contribution is -2.31. The number of aliphatic hydroxyl groups is 1. The van der Waals surface area contributed by atoms with E-state index in [4.69, 9.17) is 14.6 Å². The monoisotopic (exact) mass is 146 g/mol. The summed E-state index contributed by atoms with van der Waals surface area (Å²) in [6, 6.07) is 0. The summed E-state index contributed by atoms with van der Waals surface area (Å²) >= 11 is 0. The van der Waals surface area contributed by atoms with Crippen molar-refractivity contribution in [3.8, 4) is 0 Å². The minimum absolute atomic E-state index is 0.00120. The number of aliphatic hydroxyl groups excluding tert-OH is 1. The molecule has 0 spiro atoms. The van der Waals surface area contributed by atoms with E-state index in [1.54, 1.807) is 7.11 Å². The molecule has 1 fully saturated rings. The van der Waals surface area contributed by atoms with Gasteiger partial charge in [0.05, 0.1) is 12.7 Å². The zero-order valence-corrected chi connectivity index (χ0v) is 6.25. The maximum Gasteiger partial charge on any atom is 0.157 e. The van der Waals surface area contributed by atoms with Crippen molar-refractivity contribution in [1.82, 2.24) is 0 Å². The van der Waals surface area contributed by atoms with E-state index in [1.165, 1.54) is 0 Å². The Morgan fingerprint density at radius 2 is 2.40 bits per heavy atom. The van der Waals surface area contributed by atoms with E-state index in [-0.39, 0.29) is 19.0 Å². The van der Waals surface area contributed by atoms with Crippen LogP contribution in [0.2, 0.25) is 0 Å². The fourth-order valence-corrected chi connectivity index (χ4v) is 1.17. The van der Waals surface area contributed by atoms with Crippen LogP contribution in [0.3, 0.4) is 0 Å². The lowest BCUT2D eigenvalue weighted by molar-refractivity contribution is -0.187. The van der Waals surface area contributed by atoms with Crippen LogP contribution in [0.1, 0.15) is 19.3 Å². The molecule has 1 aliphatic heterocycles. The van der Waals surface area contributed by atoms with Crippen molar-refractivity contribution in [3.05, 3.63) is 0 Å². The largest absolute Gasteiger partial charge is 0.394 e. The molecule has 2 atom stereocenters. The van der Waals surface area contributed by atoms with Gasteiger partial charge < -0.3 is 14.6 Å². The number of ether oxygens (including phenoxy) is 2. The third-order valence-corrected chi connectivity index (χ3v) is 1.78. The number of hydrogen-bond donors (Lipinski definition) is 1. The van der Waals surface area contributed by atoms with E-state index < -0.39 is 0 Å². The Morgan fingerprint density at radius 1 is 1.60 bits per heavy atom. The van der Waals surface area contributed by atoms with E-state index in [0.717, 1.165) is 19.3 Å². The first-order chi connectivity index (χ1) is 4.86. The van der Waals surface area contributed by atoms with Crippen molar-refractivity contribution in [1.29, 1.82) is 0 Å². The van der Waals surface area contributed by atoms with Gasteiger partial charge in [0.1, 0.15) is 0 Å². The summed E-state index contributed by atoms with van der Waals surface area (Å²) in [7, 11) is 1.63. The summed E-state index contributed by atoms with van der Waals surface area (Å²) in [5, 5.41) is 8.72.